The van der Waals surface area contributed by atoms with Gasteiger partial charge < -0.3 is 15.5 Å². The van der Waals surface area contributed by atoms with Crippen LogP contribution in [0.2, 0.25) is 0 Å². The lowest BCUT2D eigenvalue weighted by atomic mass is 10.1. The van der Waals surface area contributed by atoms with Crippen LogP contribution in [0.5, 0.6) is 0 Å². The number of benzene rings is 1. The molecule has 24 heavy (non-hydrogen) atoms. The Bertz CT molecular complexity index is 738. The topological polar surface area (TPSA) is 104 Å². The molecule has 126 valence electrons. The van der Waals surface area contributed by atoms with Gasteiger partial charge in [0.15, 0.2) is 0 Å². The number of carbonyl (C=O) groups excluding carboxylic acids is 4. The van der Waals surface area contributed by atoms with Crippen LogP contribution in [0.25, 0.3) is 0 Å². The van der Waals surface area contributed by atoms with Gasteiger partial charge in [0, 0.05) is 18.7 Å². The van der Waals surface area contributed by atoms with Gasteiger partial charge in [0.05, 0.1) is 6.54 Å². The third-order valence-electron chi connectivity index (χ3n) is 4.08. The molecule has 0 spiro atoms. The lowest BCUT2D eigenvalue weighted by Gasteiger charge is -2.35. The van der Waals surface area contributed by atoms with Gasteiger partial charge in [-0.15, -0.1) is 0 Å². The van der Waals surface area contributed by atoms with E-state index in [1.165, 1.54) is 28.0 Å². The molecule has 0 aliphatic carbocycles. The molecule has 1 aromatic rings. The molecule has 1 aromatic carbocycles. The van der Waals surface area contributed by atoms with Crippen LogP contribution in [0.1, 0.15) is 10.4 Å². The summed E-state index contributed by atoms with van der Waals surface area (Å²) >= 11 is 0. The van der Waals surface area contributed by atoms with E-state index in [1.54, 1.807) is 0 Å². The van der Waals surface area contributed by atoms with E-state index in [0.29, 0.717) is 0 Å². The highest BCUT2D eigenvalue weighted by atomic mass is 19.1. The molecule has 2 aliphatic rings. The zero-order chi connectivity index (χ0) is 17.4. The first-order valence-electron chi connectivity index (χ1n) is 7.33. The minimum absolute atomic E-state index is 0.00478. The monoisotopic (exact) mass is 334 g/mol. The predicted molar refractivity (Wildman–Crippen MR) is 79.1 cm³/mol. The quantitative estimate of drug-likeness (QED) is 0.745. The molecule has 2 saturated heterocycles. The van der Waals surface area contributed by atoms with Gasteiger partial charge >= 0.3 is 6.03 Å². The molecule has 2 heterocycles. The first-order valence-corrected chi connectivity index (χ1v) is 7.33. The lowest BCUT2D eigenvalue weighted by Crippen LogP contribution is -2.54. The Labute approximate surface area is 136 Å². The summed E-state index contributed by atoms with van der Waals surface area (Å²) < 4.78 is 13.3. The number of imide groups is 1. The van der Waals surface area contributed by atoms with Crippen LogP contribution < -0.4 is 5.73 Å². The summed E-state index contributed by atoms with van der Waals surface area (Å²) in [4.78, 5) is 51.4. The maximum absolute atomic E-state index is 13.3. The molecule has 0 aromatic heterocycles. The molecular weight excluding hydrogens is 319 g/mol. The van der Waals surface area contributed by atoms with Gasteiger partial charge in [-0.3, -0.25) is 19.3 Å². The summed E-state index contributed by atoms with van der Waals surface area (Å²) in [6, 6.07) is 3.84. The number of piperazine rings is 1. The molecule has 2 aliphatic heterocycles. The second kappa shape index (κ2) is 5.91. The van der Waals surface area contributed by atoms with Gasteiger partial charge in [-0.25, -0.2) is 9.18 Å². The number of rotatable bonds is 3. The van der Waals surface area contributed by atoms with Crippen LogP contribution >= 0.6 is 0 Å². The largest absolute Gasteiger partial charge is 0.368 e. The van der Waals surface area contributed by atoms with E-state index in [0.717, 1.165) is 11.0 Å². The van der Waals surface area contributed by atoms with Crippen molar-refractivity contribution in [1.82, 2.24) is 14.7 Å². The molecule has 1 atom stereocenters. The number of nitrogens with two attached hydrogens (primary N) is 1. The van der Waals surface area contributed by atoms with Crippen LogP contribution in [0, 0.1) is 5.82 Å². The Kier molecular flexibility index (Phi) is 3.92. The highest BCUT2D eigenvalue weighted by Crippen LogP contribution is 2.23. The lowest BCUT2D eigenvalue weighted by molar-refractivity contribution is -0.132. The van der Waals surface area contributed by atoms with Gasteiger partial charge in [0.1, 0.15) is 18.4 Å². The second-order valence-corrected chi connectivity index (χ2v) is 5.64. The van der Waals surface area contributed by atoms with E-state index in [9.17, 15) is 23.6 Å². The van der Waals surface area contributed by atoms with E-state index in [2.05, 4.69) is 0 Å². The van der Waals surface area contributed by atoms with Crippen molar-refractivity contribution < 1.29 is 23.6 Å². The normalized spacial score (nSPS) is 20.4. The third kappa shape index (κ3) is 2.68. The molecule has 0 saturated carbocycles. The van der Waals surface area contributed by atoms with E-state index < -0.39 is 42.2 Å². The average Bonchev–Trinajstić information content (AvgIpc) is 2.78. The summed E-state index contributed by atoms with van der Waals surface area (Å²) in [5.41, 5.74) is 5.22. The van der Waals surface area contributed by atoms with Gasteiger partial charge in [-0.05, 0) is 18.2 Å². The number of hydrogen-bond donors (Lipinski definition) is 1. The fraction of sp³-hybridized carbons (Fsp3) is 0.333. The summed E-state index contributed by atoms with van der Waals surface area (Å²) in [5.74, 6) is -2.29. The Morgan fingerprint density at radius 3 is 2.67 bits per heavy atom. The second-order valence-electron chi connectivity index (χ2n) is 5.64. The zero-order valence-electron chi connectivity index (χ0n) is 12.6. The molecule has 2 N–H and O–H groups in total. The van der Waals surface area contributed by atoms with Crippen molar-refractivity contribution in [2.24, 2.45) is 5.73 Å². The Hall–Kier alpha value is -2.97. The Morgan fingerprint density at radius 2 is 2.00 bits per heavy atom. The minimum Gasteiger partial charge on any atom is -0.368 e. The maximum atomic E-state index is 13.3. The summed E-state index contributed by atoms with van der Waals surface area (Å²) in [6.45, 7) is -0.113. The molecular formula is C15H15FN4O4. The number of amides is 5. The number of primary amides is 1. The van der Waals surface area contributed by atoms with Crippen molar-refractivity contribution in [2.45, 2.75) is 6.04 Å². The number of carbonyl (C=O) groups is 4. The molecule has 0 radical (unpaired) electrons. The van der Waals surface area contributed by atoms with Crippen LogP contribution in [-0.2, 0) is 9.59 Å². The summed E-state index contributed by atoms with van der Waals surface area (Å²) in [7, 11) is 0. The van der Waals surface area contributed by atoms with Crippen LogP contribution in [0.15, 0.2) is 24.3 Å². The molecule has 3 rings (SSSR count). The van der Waals surface area contributed by atoms with Crippen molar-refractivity contribution in [2.75, 3.05) is 26.2 Å². The van der Waals surface area contributed by atoms with Crippen molar-refractivity contribution in [3.05, 3.63) is 35.6 Å². The van der Waals surface area contributed by atoms with Gasteiger partial charge in [0.25, 0.3) is 11.8 Å². The van der Waals surface area contributed by atoms with E-state index in [1.807, 2.05) is 0 Å². The SMILES string of the molecule is NC(=O)CN1C(=O)[C@@H]2CN(C(=O)c3cccc(F)c3)CCN2C1=O. The first kappa shape index (κ1) is 15.9. The third-order valence-corrected chi connectivity index (χ3v) is 4.08. The maximum Gasteiger partial charge on any atom is 0.328 e. The zero-order valence-corrected chi connectivity index (χ0v) is 12.6. The molecule has 5 amide bonds. The number of nitrogens with zero attached hydrogens (tertiary/aromatic N) is 3. The number of urea groups is 1. The van der Waals surface area contributed by atoms with Crippen molar-refractivity contribution in [3.63, 3.8) is 0 Å². The Morgan fingerprint density at radius 1 is 1.25 bits per heavy atom. The van der Waals surface area contributed by atoms with Crippen molar-refractivity contribution in [3.8, 4) is 0 Å². The van der Waals surface area contributed by atoms with Gasteiger partial charge in [-0.2, -0.15) is 0 Å². The Balaban J connectivity index is 1.76. The fourth-order valence-corrected chi connectivity index (χ4v) is 2.94. The highest BCUT2D eigenvalue weighted by Gasteiger charge is 2.48. The molecule has 0 bridgehead atoms. The molecule has 8 nitrogen and oxygen atoms in total. The average molecular weight is 334 g/mol. The van der Waals surface area contributed by atoms with E-state index >= 15 is 0 Å². The van der Waals surface area contributed by atoms with E-state index in [-0.39, 0.29) is 25.2 Å². The molecule has 2 fully saturated rings. The minimum atomic E-state index is -0.844. The van der Waals surface area contributed by atoms with Crippen molar-refractivity contribution in [1.29, 1.82) is 0 Å². The number of halogens is 1. The van der Waals surface area contributed by atoms with Crippen LogP contribution in [0.3, 0.4) is 0 Å². The highest BCUT2D eigenvalue weighted by molar-refractivity contribution is 6.07. The van der Waals surface area contributed by atoms with Gasteiger partial charge in [-0.1, -0.05) is 6.07 Å². The van der Waals surface area contributed by atoms with E-state index in [4.69, 9.17) is 5.73 Å². The van der Waals surface area contributed by atoms with Gasteiger partial charge in [0.2, 0.25) is 5.91 Å². The fourth-order valence-electron chi connectivity index (χ4n) is 2.94. The number of fused-ring (bicyclic) bond motifs is 1. The van der Waals surface area contributed by atoms with Crippen molar-refractivity contribution >= 4 is 23.8 Å². The van der Waals surface area contributed by atoms with Crippen LogP contribution in [0.4, 0.5) is 9.18 Å². The smallest absolute Gasteiger partial charge is 0.328 e. The first-order chi connectivity index (χ1) is 11.4. The predicted octanol–water partition coefficient (Wildman–Crippen LogP) is -0.600. The van der Waals surface area contributed by atoms with Crippen LogP contribution in [-0.4, -0.2) is 70.7 Å². The molecule has 0 unspecified atom stereocenters. The summed E-state index contributed by atoms with van der Waals surface area (Å²) in [6.07, 6.45) is 0. The molecule has 9 heteroatoms. The number of hydrogen-bond acceptors (Lipinski definition) is 4. The standard InChI is InChI=1S/C15H15FN4O4/c16-10-3-1-2-9(6-10)13(22)18-4-5-19-11(7-18)14(23)20(15(19)24)8-12(17)21/h1-3,6,11H,4-5,7-8H2,(H2,17,21)/t11-/m0/s1. The summed E-state index contributed by atoms with van der Waals surface area (Å²) in [5, 5.41) is 0.